The van der Waals surface area contributed by atoms with Crippen LogP contribution < -0.4 is 15.5 Å². The summed E-state index contributed by atoms with van der Waals surface area (Å²) in [6.07, 6.45) is -0.109. The van der Waals surface area contributed by atoms with Crippen LogP contribution in [0, 0.1) is 5.92 Å². The monoisotopic (exact) mass is 411 g/mol. The maximum absolute atomic E-state index is 12.3. The van der Waals surface area contributed by atoms with E-state index in [1.807, 2.05) is 0 Å². The van der Waals surface area contributed by atoms with Crippen molar-refractivity contribution in [3.05, 3.63) is 60.2 Å². The number of para-hydroxylation sites is 2. The summed E-state index contributed by atoms with van der Waals surface area (Å²) in [4.78, 5) is 48.6. The van der Waals surface area contributed by atoms with E-state index in [9.17, 15) is 19.2 Å². The number of ether oxygens (including phenoxy) is 2. The number of hydrogen-bond acceptors (Lipinski definition) is 6. The Morgan fingerprint density at radius 2 is 1.77 bits per heavy atom. The number of nitrogens with zero attached hydrogens (tertiary/aromatic N) is 1. The molecule has 1 heterocycles. The number of benzene rings is 2. The average molecular weight is 411 g/mol. The van der Waals surface area contributed by atoms with E-state index in [1.54, 1.807) is 54.6 Å². The zero-order chi connectivity index (χ0) is 21.5. The molecular formula is C21H21N3O6. The number of nitrogens with one attached hydrogen (secondary N) is 2. The average Bonchev–Trinajstić information content (AvgIpc) is 3.13. The zero-order valence-corrected chi connectivity index (χ0v) is 16.3. The maximum Gasteiger partial charge on any atom is 0.311 e. The summed E-state index contributed by atoms with van der Waals surface area (Å²) in [7, 11) is 1.48. The second kappa shape index (κ2) is 9.55. The second-order valence-corrected chi connectivity index (χ2v) is 6.57. The largest absolute Gasteiger partial charge is 0.495 e. The molecule has 1 aliphatic heterocycles. The molecule has 2 N–H and O–H groups in total. The van der Waals surface area contributed by atoms with Gasteiger partial charge in [0, 0.05) is 12.0 Å². The first-order chi connectivity index (χ1) is 14.5. The fourth-order valence-corrected chi connectivity index (χ4v) is 2.94. The molecule has 1 fully saturated rings. The minimum absolute atomic E-state index is 0.0234. The molecule has 2 aromatic rings. The number of rotatable bonds is 7. The van der Waals surface area contributed by atoms with Gasteiger partial charge in [0.05, 0.1) is 25.3 Å². The number of amides is 3. The molecule has 156 valence electrons. The predicted octanol–water partition coefficient (Wildman–Crippen LogP) is 1.37. The third-order valence-electron chi connectivity index (χ3n) is 4.46. The highest BCUT2D eigenvalue weighted by Gasteiger charge is 2.36. The molecule has 9 nitrogen and oxygen atoms in total. The lowest BCUT2D eigenvalue weighted by atomic mass is 10.1. The molecule has 9 heteroatoms. The molecule has 2 aromatic carbocycles. The molecule has 3 amide bonds. The lowest BCUT2D eigenvalue weighted by Gasteiger charge is -2.17. The molecule has 1 saturated heterocycles. The molecule has 0 aliphatic carbocycles. The van der Waals surface area contributed by atoms with E-state index in [0.717, 1.165) is 5.01 Å². The fourth-order valence-electron chi connectivity index (χ4n) is 2.94. The van der Waals surface area contributed by atoms with Crippen LogP contribution in [-0.2, 0) is 19.1 Å². The van der Waals surface area contributed by atoms with Crippen LogP contribution in [0.5, 0.6) is 5.75 Å². The highest BCUT2D eigenvalue weighted by Crippen LogP contribution is 2.23. The van der Waals surface area contributed by atoms with E-state index in [-0.39, 0.29) is 13.0 Å². The minimum Gasteiger partial charge on any atom is -0.495 e. The first-order valence-electron chi connectivity index (χ1n) is 9.24. The quantitative estimate of drug-likeness (QED) is 0.665. The number of hydrogen-bond donors (Lipinski definition) is 2. The summed E-state index contributed by atoms with van der Waals surface area (Å²) in [5.74, 6) is -2.37. The molecule has 0 aromatic heterocycles. The van der Waals surface area contributed by atoms with Crippen molar-refractivity contribution in [3.63, 3.8) is 0 Å². The number of hydrazine groups is 1. The second-order valence-electron chi connectivity index (χ2n) is 6.57. The summed E-state index contributed by atoms with van der Waals surface area (Å²) in [6, 6.07) is 15.2. The van der Waals surface area contributed by atoms with Crippen LogP contribution in [0.25, 0.3) is 0 Å². The molecule has 0 radical (unpaired) electrons. The molecule has 0 spiro atoms. The molecule has 0 bridgehead atoms. The zero-order valence-electron chi connectivity index (χ0n) is 16.3. The van der Waals surface area contributed by atoms with Gasteiger partial charge >= 0.3 is 5.97 Å². The molecule has 0 saturated carbocycles. The topological polar surface area (TPSA) is 114 Å². The lowest BCUT2D eigenvalue weighted by Crippen LogP contribution is -2.43. The smallest absolute Gasteiger partial charge is 0.311 e. The third-order valence-corrected chi connectivity index (χ3v) is 4.46. The highest BCUT2D eigenvalue weighted by molar-refractivity contribution is 5.97. The van der Waals surface area contributed by atoms with Gasteiger partial charge in [0.25, 0.3) is 11.8 Å². The number of esters is 1. The molecule has 3 rings (SSSR count). The summed E-state index contributed by atoms with van der Waals surface area (Å²) in [5.41, 5.74) is 3.33. The van der Waals surface area contributed by atoms with Gasteiger partial charge in [0.1, 0.15) is 5.75 Å². The van der Waals surface area contributed by atoms with Crippen molar-refractivity contribution in [1.29, 1.82) is 0 Å². The van der Waals surface area contributed by atoms with Gasteiger partial charge < -0.3 is 14.8 Å². The van der Waals surface area contributed by atoms with Crippen molar-refractivity contribution < 1.29 is 28.7 Å². The minimum atomic E-state index is -0.771. The van der Waals surface area contributed by atoms with Crippen LogP contribution >= 0.6 is 0 Å². The van der Waals surface area contributed by atoms with Crippen LogP contribution in [-0.4, -0.2) is 49.0 Å². The molecule has 1 atom stereocenters. The van der Waals surface area contributed by atoms with Crippen molar-refractivity contribution >= 4 is 29.4 Å². The van der Waals surface area contributed by atoms with Crippen molar-refractivity contribution in [2.75, 3.05) is 25.6 Å². The number of carbonyl (C=O) groups excluding carboxylic acids is 4. The van der Waals surface area contributed by atoms with Crippen molar-refractivity contribution in [1.82, 2.24) is 10.4 Å². The maximum atomic E-state index is 12.3. The molecule has 30 heavy (non-hydrogen) atoms. The van der Waals surface area contributed by atoms with E-state index in [1.165, 1.54) is 7.11 Å². The van der Waals surface area contributed by atoms with Crippen molar-refractivity contribution in [2.45, 2.75) is 6.42 Å². The van der Waals surface area contributed by atoms with E-state index in [0.29, 0.717) is 17.0 Å². The highest BCUT2D eigenvalue weighted by atomic mass is 16.5. The first kappa shape index (κ1) is 20.8. The van der Waals surface area contributed by atoms with Crippen LogP contribution in [0.4, 0.5) is 5.69 Å². The molecule has 1 aliphatic rings. The van der Waals surface area contributed by atoms with Gasteiger partial charge in [-0.05, 0) is 24.3 Å². The Morgan fingerprint density at radius 1 is 1.07 bits per heavy atom. The standard InChI is InChI=1S/C21H21N3O6/c1-29-17-10-6-5-9-16(17)22-18(25)13-30-21(28)15-11-19(26)24(12-15)23-20(27)14-7-3-2-4-8-14/h2-10,15H,11-13H2,1H3,(H,22,25)(H,23,27)/t15-/m0/s1. The van der Waals surface area contributed by atoms with Gasteiger partial charge in [-0.1, -0.05) is 30.3 Å². The van der Waals surface area contributed by atoms with E-state index < -0.39 is 36.2 Å². The summed E-state index contributed by atoms with van der Waals surface area (Å²) < 4.78 is 10.2. The van der Waals surface area contributed by atoms with Gasteiger partial charge in [0.2, 0.25) is 5.91 Å². The lowest BCUT2D eigenvalue weighted by molar-refractivity contribution is -0.151. The van der Waals surface area contributed by atoms with E-state index >= 15 is 0 Å². The Labute approximate surface area is 172 Å². The van der Waals surface area contributed by atoms with Gasteiger partial charge in [-0.3, -0.25) is 29.6 Å². The summed E-state index contributed by atoms with van der Waals surface area (Å²) in [6.45, 7) is -0.525. The normalized spacial score (nSPS) is 15.4. The Kier molecular flexibility index (Phi) is 6.63. The van der Waals surface area contributed by atoms with E-state index in [2.05, 4.69) is 10.7 Å². The predicted molar refractivity (Wildman–Crippen MR) is 106 cm³/mol. The van der Waals surface area contributed by atoms with Crippen LogP contribution in [0.2, 0.25) is 0 Å². The van der Waals surface area contributed by atoms with Gasteiger partial charge in [-0.2, -0.15) is 0 Å². The Morgan fingerprint density at radius 3 is 2.50 bits per heavy atom. The summed E-state index contributed by atoms with van der Waals surface area (Å²) >= 11 is 0. The fraction of sp³-hybridized carbons (Fsp3) is 0.238. The van der Waals surface area contributed by atoms with Crippen LogP contribution in [0.15, 0.2) is 54.6 Å². The van der Waals surface area contributed by atoms with Crippen molar-refractivity contribution in [3.8, 4) is 5.75 Å². The van der Waals surface area contributed by atoms with E-state index in [4.69, 9.17) is 9.47 Å². The third kappa shape index (κ3) is 5.13. The van der Waals surface area contributed by atoms with Gasteiger partial charge in [-0.25, -0.2) is 0 Å². The molecule has 0 unspecified atom stereocenters. The first-order valence-corrected chi connectivity index (χ1v) is 9.24. The Balaban J connectivity index is 1.48. The van der Waals surface area contributed by atoms with Crippen LogP contribution in [0.3, 0.4) is 0 Å². The van der Waals surface area contributed by atoms with Gasteiger partial charge in [0.15, 0.2) is 6.61 Å². The SMILES string of the molecule is COc1ccccc1NC(=O)COC(=O)[C@H]1CC(=O)N(NC(=O)c2ccccc2)C1. The van der Waals surface area contributed by atoms with Crippen molar-refractivity contribution in [2.24, 2.45) is 5.92 Å². The number of anilines is 1. The number of carbonyl (C=O) groups is 4. The number of methoxy groups -OCH3 is 1. The Bertz CT molecular complexity index is 947. The van der Waals surface area contributed by atoms with Crippen LogP contribution in [0.1, 0.15) is 16.8 Å². The van der Waals surface area contributed by atoms with Gasteiger partial charge in [-0.15, -0.1) is 0 Å². The summed E-state index contributed by atoms with van der Waals surface area (Å²) in [5, 5.41) is 3.69. The Hall–Kier alpha value is -3.88. The molecular weight excluding hydrogens is 390 g/mol.